The van der Waals surface area contributed by atoms with E-state index in [1.807, 2.05) is 19.1 Å². The maximum Gasteiger partial charge on any atom is 0.347 e. The highest BCUT2D eigenvalue weighted by atomic mass is 16.5. The Morgan fingerprint density at radius 1 is 1.45 bits per heavy atom. The van der Waals surface area contributed by atoms with E-state index in [0.717, 1.165) is 25.1 Å². The fraction of sp³-hybridized carbons (Fsp3) is 0.562. The minimum atomic E-state index is -1.21. The average molecular weight is 277 g/mol. The Morgan fingerprint density at radius 3 is 2.80 bits per heavy atom. The van der Waals surface area contributed by atoms with E-state index in [9.17, 15) is 9.90 Å². The van der Waals surface area contributed by atoms with Crippen LogP contribution in [0.1, 0.15) is 43.7 Å². The van der Waals surface area contributed by atoms with Crippen LogP contribution in [0.3, 0.4) is 0 Å². The molecular formula is C16H23NO3. The van der Waals surface area contributed by atoms with E-state index in [1.54, 1.807) is 13.8 Å². The number of benzene rings is 1. The molecule has 2 rings (SSSR count). The van der Waals surface area contributed by atoms with Crippen molar-refractivity contribution in [2.75, 3.05) is 13.1 Å². The fourth-order valence-corrected chi connectivity index (χ4v) is 2.44. The Morgan fingerprint density at radius 2 is 2.20 bits per heavy atom. The molecule has 0 radical (unpaired) electrons. The lowest BCUT2D eigenvalue weighted by Gasteiger charge is -2.26. The van der Waals surface area contributed by atoms with Crippen LogP contribution in [-0.2, 0) is 4.79 Å². The highest BCUT2D eigenvalue weighted by Crippen LogP contribution is 2.30. The van der Waals surface area contributed by atoms with Gasteiger partial charge in [-0.1, -0.05) is 12.1 Å². The molecule has 1 heterocycles. The molecule has 1 fully saturated rings. The summed E-state index contributed by atoms with van der Waals surface area (Å²) in [6.45, 7) is 7.14. The molecule has 1 aromatic carbocycles. The SMILES string of the molecule is Cc1ccc([C@@H]2CCCNC2)cc1OC(C)(C)C(=O)O. The van der Waals surface area contributed by atoms with Gasteiger partial charge in [0, 0.05) is 6.54 Å². The largest absolute Gasteiger partial charge is 0.478 e. The molecule has 2 N–H and O–H groups in total. The number of hydrogen-bond acceptors (Lipinski definition) is 3. The zero-order chi connectivity index (χ0) is 14.8. The second-order valence-electron chi connectivity index (χ2n) is 5.99. The summed E-state index contributed by atoms with van der Waals surface area (Å²) in [6.07, 6.45) is 2.34. The lowest BCUT2D eigenvalue weighted by molar-refractivity contribution is -0.152. The topological polar surface area (TPSA) is 58.6 Å². The fourth-order valence-electron chi connectivity index (χ4n) is 2.44. The van der Waals surface area contributed by atoms with E-state index < -0.39 is 11.6 Å². The monoisotopic (exact) mass is 277 g/mol. The van der Waals surface area contributed by atoms with E-state index in [-0.39, 0.29) is 0 Å². The van der Waals surface area contributed by atoms with Crippen molar-refractivity contribution in [2.45, 2.75) is 45.1 Å². The van der Waals surface area contributed by atoms with Crippen LogP contribution >= 0.6 is 0 Å². The minimum absolute atomic E-state index is 0.486. The van der Waals surface area contributed by atoms with E-state index in [4.69, 9.17) is 4.74 Å². The predicted molar refractivity (Wildman–Crippen MR) is 78.4 cm³/mol. The molecular weight excluding hydrogens is 254 g/mol. The van der Waals surface area contributed by atoms with Gasteiger partial charge in [0.05, 0.1) is 0 Å². The van der Waals surface area contributed by atoms with Crippen molar-refractivity contribution >= 4 is 5.97 Å². The van der Waals surface area contributed by atoms with Crippen LogP contribution < -0.4 is 10.1 Å². The lowest BCUT2D eigenvalue weighted by atomic mass is 9.91. The number of nitrogens with one attached hydrogen (secondary N) is 1. The molecule has 0 amide bonds. The summed E-state index contributed by atoms with van der Waals surface area (Å²) >= 11 is 0. The van der Waals surface area contributed by atoms with Crippen LogP contribution in [0.5, 0.6) is 5.75 Å². The molecule has 1 aliphatic rings. The number of rotatable bonds is 4. The molecule has 0 bridgehead atoms. The van der Waals surface area contributed by atoms with Crippen LogP contribution in [0.2, 0.25) is 0 Å². The van der Waals surface area contributed by atoms with Gasteiger partial charge in [-0.05, 0) is 63.3 Å². The first kappa shape index (κ1) is 14.9. The lowest BCUT2D eigenvalue weighted by Crippen LogP contribution is -2.38. The molecule has 1 saturated heterocycles. The second-order valence-corrected chi connectivity index (χ2v) is 5.99. The second kappa shape index (κ2) is 5.83. The zero-order valence-corrected chi connectivity index (χ0v) is 12.4. The molecule has 1 atom stereocenters. The van der Waals surface area contributed by atoms with E-state index in [1.165, 1.54) is 12.0 Å². The van der Waals surface area contributed by atoms with Crippen LogP contribution in [0.15, 0.2) is 18.2 Å². The minimum Gasteiger partial charge on any atom is -0.478 e. The third kappa shape index (κ3) is 3.31. The Labute approximate surface area is 120 Å². The van der Waals surface area contributed by atoms with Gasteiger partial charge in [-0.25, -0.2) is 4.79 Å². The number of aliphatic carboxylic acids is 1. The summed E-state index contributed by atoms with van der Waals surface area (Å²) in [6, 6.07) is 6.13. The van der Waals surface area contributed by atoms with E-state index in [0.29, 0.717) is 11.7 Å². The third-order valence-corrected chi connectivity index (χ3v) is 3.86. The van der Waals surface area contributed by atoms with Gasteiger partial charge >= 0.3 is 5.97 Å². The van der Waals surface area contributed by atoms with Crippen molar-refractivity contribution in [1.29, 1.82) is 0 Å². The maximum absolute atomic E-state index is 11.2. The van der Waals surface area contributed by atoms with Crippen molar-refractivity contribution in [1.82, 2.24) is 5.32 Å². The normalized spacial score (nSPS) is 19.6. The van der Waals surface area contributed by atoms with E-state index >= 15 is 0 Å². The molecule has 0 aromatic heterocycles. The van der Waals surface area contributed by atoms with Crippen LogP contribution in [-0.4, -0.2) is 29.8 Å². The Hall–Kier alpha value is -1.55. The molecule has 0 spiro atoms. The number of carboxylic acid groups (broad SMARTS) is 1. The molecule has 0 saturated carbocycles. The summed E-state index contributed by atoms with van der Waals surface area (Å²) in [5, 5.41) is 12.6. The van der Waals surface area contributed by atoms with Crippen LogP contribution in [0.25, 0.3) is 0 Å². The molecule has 1 aliphatic heterocycles. The number of carbonyl (C=O) groups is 1. The van der Waals surface area contributed by atoms with Crippen LogP contribution in [0, 0.1) is 6.92 Å². The third-order valence-electron chi connectivity index (χ3n) is 3.86. The molecule has 1 aromatic rings. The highest BCUT2D eigenvalue weighted by molar-refractivity contribution is 5.76. The zero-order valence-electron chi connectivity index (χ0n) is 12.4. The van der Waals surface area contributed by atoms with Gasteiger partial charge in [-0.2, -0.15) is 0 Å². The average Bonchev–Trinajstić information content (AvgIpc) is 2.42. The van der Waals surface area contributed by atoms with Gasteiger partial charge in [0.25, 0.3) is 0 Å². The molecule has 4 heteroatoms. The van der Waals surface area contributed by atoms with Gasteiger partial charge in [-0.15, -0.1) is 0 Å². The van der Waals surface area contributed by atoms with Gasteiger partial charge in [0.1, 0.15) is 5.75 Å². The van der Waals surface area contributed by atoms with Crippen molar-refractivity contribution < 1.29 is 14.6 Å². The maximum atomic E-state index is 11.2. The number of aryl methyl sites for hydroxylation is 1. The summed E-state index contributed by atoms with van der Waals surface area (Å²) in [5.41, 5.74) is 0.972. The summed E-state index contributed by atoms with van der Waals surface area (Å²) in [4.78, 5) is 11.2. The quantitative estimate of drug-likeness (QED) is 0.888. The van der Waals surface area contributed by atoms with Crippen molar-refractivity contribution in [3.05, 3.63) is 29.3 Å². The number of hydrogen-bond donors (Lipinski definition) is 2. The van der Waals surface area contributed by atoms with Gasteiger partial charge in [0.2, 0.25) is 0 Å². The number of carboxylic acids is 1. The van der Waals surface area contributed by atoms with Gasteiger partial charge in [-0.3, -0.25) is 0 Å². The van der Waals surface area contributed by atoms with E-state index in [2.05, 4.69) is 11.4 Å². The van der Waals surface area contributed by atoms with Gasteiger partial charge < -0.3 is 15.2 Å². The summed E-state index contributed by atoms with van der Waals surface area (Å²) < 4.78 is 5.71. The molecule has 20 heavy (non-hydrogen) atoms. The molecule has 4 nitrogen and oxygen atoms in total. The Bertz CT molecular complexity index is 490. The van der Waals surface area contributed by atoms with Crippen molar-refractivity contribution in [3.63, 3.8) is 0 Å². The number of ether oxygens (including phenoxy) is 1. The summed E-state index contributed by atoms with van der Waals surface area (Å²) in [7, 11) is 0. The highest BCUT2D eigenvalue weighted by Gasteiger charge is 2.30. The first-order valence-electron chi connectivity index (χ1n) is 7.14. The molecule has 0 unspecified atom stereocenters. The smallest absolute Gasteiger partial charge is 0.347 e. The first-order valence-corrected chi connectivity index (χ1v) is 7.14. The van der Waals surface area contributed by atoms with Crippen molar-refractivity contribution in [2.24, 2.45) is 0 Å². The van der Waals surface area contributed by atoms with Crippen LogP contribution in [0.4, 0.5) is 0 Å². The predicted octanol–water partition coefficient (Wildman–Crippen LogP) is 2.70. The standard InChI is InChI=1S/C16H23NO3/c1-11-6-7-12(13-5-4-8-17-10-13)9-14(11)20-16(2,3)15(18)19/h6-7,9,13,17H,4-5,8,10H2,1-3H3,(H,18,19)/t13-/m1/s1. The molecule has 0 aliphatic carbocycles. The first-order chi connectivity index (χ1) is 9.40. The molecule has 110 valence electrons. The Kier molecular flexibility index (Phi) is 4.33. The van der Waals surface area contributed by atoms with Crippen molar-refractivity contribution in [3.8, 4) is 5.75 Å². The van der Waals surface area contributed by atoms with Gasteiger partial charge in [0.15, 0.2) is 5.60 Å². The number of piperidine rings is 1. The Balaban J connectivity index is 2.22. The summed E-state index contributed by atoms with van der Waals surface area (Å²) in [5.74, 6) is 0.196.